The van der Waals surface area contributed by atoms with Crippen molar-refractivity contribution in [2.24, 2.45) is 5.10 Å². The number of nitrogens with zero attached hydrogens (tertiary/aromatic N) is 6. The van der Waals surface area contributed by atoms with Crippen LogP contribution in [0.3, 0.4) is 0 Å². The highest BCUT2D eigenvalue weighted by Crippen LogP contribution is 2.21. The van der Waals surface area contributed by atoms with Crippen LogP contribution in [0.5, 0.6) is 6.01 Å². The lowest BCUT2D eigenvalue weighted by Crippen LogP contribution is -2.36. The van der Waals surface area contributed by atoms with E-state index >= 15 is 0 Å². The second kappa shape index (κ2) is 10.8. The predicted octanol–water partition coefficient (Wildman–Crippen LogP) is 2.65. The zero-order valence-corrected chi connectivity index (χ0v) is 17.5. The second-order valence-electron chi connectivity index (χ2n) is 7.02. The maximum Gasteiger partial charge on any atom is 0.320 e. The first kappa shape index (κ1) is 21.2. The number of benzene rings is 1. The van der Waals surface area contributed by atoms with E-state index in [2.05, 4.69) is 36.4 Å². The lowest BCUT2D eigenvalue weighted by atomic mass is 10.1. The van der Waals surface area contributed by atoms with Gasteiger partial charge in [0.2, 0.25) is 0 Å². The van der Waals surface area contributed by atoms with E-state index in [1.165, 1.54) is 0 Å². The molecule has 162 valence electrons. The maximum atomic E-state index is 9.04. The Hall–Kier alpha value is -4.03. The Bertz CT molecular complexity index is 1090. The zero-order chi connectivity index (χ0) is 22.0. The SMILES string of the molecule is N#Cc1cccc(/C=N/Nc2cc(N3CCOCC3)nc(OCCc3ccccn3)n2)c1. The topological polar surface area (TPSA) is 109 Å². The molecule has 0 unspecified atom stereocenters. The molecule has 1 saturated heterocycles. The van der Waals surface area contributed by atoms with E-state index < -0.39 is 0 Å². The highest BCUT2D eigenvalue weighted by molar-refractivity contribution is 5.80. The number of hydrogen-bond acceptors (Lipinski definition) is 9. The highest BCUT2D eigenvalue weighted by atomic mass is 16.5. The van der Waals surface area contributed by atoms with E-state index in [0.29, 0.717) is 37.6 Å². The minimum absolute atomic E-state index is 0.272. The number of hydrazone groups is 1. The summed E-state index contributed by atoms with van der Waals surface area (Å²) in [6.07, 6.45) is 4.05. The molecule has 0 amide bonds. The average molecular weight is 429 g/mol. The number of ether oxygens (including phenoxy) is 2. The van der Waals surface area contributed by atoms with Crippen LogP contribution in [0.15, 0.2) is 59.8 Å². The van der Waals surface area contributed by atoms with Gasteiger partial charge in [0.05, 0.1) is 37.7 Å². The minimum atomic E-state index is 0.272. The van der Waals surface area contributed by atoms with E-state index in [1.54, 1.807) is 24.5 Å². The number of rotatable bonds is 8. The van der Waals surface area contributed by atoms with Gasteiger partial charge in [-0.15, -0.1) is 0 Å². The van der Waals surface area contributed by atoms with Gasteiger partial charge in [0.15, 0.2) is 5.82 Å². The van der Waals surface area contributed by atoms with Gasteiger partial charge in [-0.1, -0.05) is 18.2 Å². The Balaban J connectivity index is 1.47. The van der Waals surface area contributed by atoms with Gasteiger partial charge in [0.25, 0.3) is 0 Å². The van der Waals surface area contributed by atoms with E-state index in [-0.39, 0.29) is 6.01 Å². The fraction of sp³-hybridized carbons (Fsp3) is 0.261. The third-order valence-electron chi connectivity index (χ3n) is 4.75. The molecule has 4 rings (SSSR count). The van der Waals surface area contributed by atoms with Gasteiger partial charge in [-0.3, -0.25) is 10.4 Å². The van der Waals surface area contributed by atoms with Crippen molar-refractivity contribution in [2.45, 2.75) is 6.42 Å². The van der Waals surface area contributed by atoms with E-state index in [0.717, 1.165) is 30.2 Å². The molecule has 32 heavy (non-hydrogen) atoms. The number of aromatic nitrogens is 3. The molecule has 9 heteroatoms. The largest absolute Gasteiger partial charge is 0.463 e. The minimum Gasteiger partial charge on any atom is -0.463 e. The zero-order valence-electron chi connectivity index (χ0n) is 17.5. The number of hydrogen-bond donors (Lipinski definition) is 1. The first-order valence-electron chi connectivity index (χ1n) is 10.3. The summed E-state index contributed by atoms with van der Waals surface area (Å²) in [5, 5.41) is 13.3. The molecule has 1 aliphatic heterocycles. The van der Waals surface area contributed by atoms with Crippen molar-refractivity contribution in [1.82, 2.24) is 15.0 Å². The fourth-order valence-electron chi connectivity index (χ4n) is 3.14. The molecular formula is C23H23N7O2. The quantitative estimate of drug-likeness (QED) is 0.430. The van der Waals surface area contributed by atoms with Crippen LogP contribution in [0, 0.1) is 11.3 Å². The molecule has 3 heterocycles. The highest BCUT2D eigenvalue weighted by Gasteiger charge is 2.15. The molecular weight excluding hydrogens is 406 g/mol. The Morgan fingerprint density at radius 2 is 2.06 bits per heavy atom. The molecule has 0 aliphatic carbocycles. The summed E-state index contributed by atoms with van der Waals surface area (Å²) in [6.45, 7) is 3.20. The smallest absolute Gasteiger partial charge is 0.320 e. The van der Waals surface area contributed by atoms with E-state index in [1.807, 2.05) is 36.4 Å². The van der Waals surface area contributed by atoms with E-state index in [9.17, 15) is 0 Å². The average Bonchev–Trinajstić information content (AvgIpc) is 2.85. The molecule has 0 saturated carbocycles. The third-order valence-corrected chi connectivity index (χ3v) is 4.75. The lowest BCUT2D eigenvalue weighted by molar-refractivity contribution is 0.122. The van der Waals surface area contributed by atoms with Crippen molar-refractivity contribution in [2.75, 3.05) is 43.2 Å². The summed E-state index contributed by atoms with van der Waals surface area (Å²) in [7, 11) is 0. The maximum absolute atomic E-state index is 9.04. The molecule has 1 N–H and O–H groups in total. The molecule has 1 aromatic carbocycles. The number of morpholine rings is 1. The molecule has 1 aliphatic rings. The lowest BCUT2D eigenvalue weighted by Gasteiger charge is -2.28. The summed E-state index contributed by atoms with van der Waals surface area (Å²) in [6, 6.07) is 17.2. The molecule has 3 aromatic rings. The van der Waals surface area contributed by atoms with Crippen LogP contribution >= 0.6 is 0 Å². The summed E-state index contributed by atoms with van der Waals surface area (Å²) < 4.78 is 11.3. The van der Waals surface area contributed by atoms with Gasteiger partial charge in [0.1, 0.15) is 5.82 Å². The van der Waals surface area contributed by atoms with Gasteiger partial charge < -0.3 is 14.4 Å². The van der Waals surface area contributed by atoms with Crippen molar-refractivity contribution in [3.8, 4) is 12.1 Å². The first-order valence-corrected chi connectivity index (χ1v) is 10.3. The number of nitrogens with one attached hydrogen (secondary N) is 1. The van der Waals surface area contributed by atoms with Gasteiger partial charge in [-0.25, -0.2) is 0 Å². The predicted molar refractivity (Wildman–Crippen MR) is 121 cm³/mol. The molecule has 9 nitrogen and oxygen atoms in total. The molecule has 0 radical (unpaired) electrons. The molecule has 0 bridgehead atoms. The van der Waals surface area contributed by atoms with Crippen LogP contribution in [0.25, 0.3) is 0 Å². The summed E-state index contributed by atoms with van der Waals surface area (Å²) >= 11 is 0. The van der Waals surface area contributed by atoms with Crippen molar-refractivity contribution in [1.29, 1.82) is 5.26 Å². The second-order valence-corrected chi connectivity index (χ2v) is 7.02. The fourth-order valence-corrected chi connectivity index (χ4v) is 3.14. The third kappa shape index (κ3) is 6.00. The van der Waals surface area contributed by atoms with Gasteiger partial charge in [-0.05, 0) is 29.8 Å². The molecule has 0 spiro atoms. The standard InChI is InChI=1S/C23H23N7O2/c24-16-18-4-3-5-19(14-18)17-26-29-21-15-22(30-9-12-31-13-10-30)28-23(27-21)32-11-7-20-6-1-2-8-25-20/h1-6,8,14-15,17H,7,9-13H2,(H,27,28,29)/b26-17+. The van der Waals surface area contributed by atoms with Gasteiger partial charge in [0, 0.05) is 37.5 Å². The summed E-state index contributed by atoms with van der Waals surface area (Å²) in [5.41, 5.74) is 5.28. The van der Waals surface area contributed by atoms with Crippen LogP contribution in [0.4, 0.5) is 11.6 Å². The van der Waals surface area contributed by atoms with Crippen LogP contribution in [0.1, 0.15) is 16.8 Å². The number of nitriles is 1. The Morgan fingerprint density at radius 1 is 1.16 bits per heavy atom. The van der Waals surface area contributed by atoms with Crippen molar-refractivity contribution in [3.05, 3.63) is 71.5 Å². The van der Waals surface area contributed by atoms with E-state index in [4.69, 9.17) is 14.7 Å². The summed E-state index contributed by atoms with van der Waals surface area (Å²) in [4.78, 5) is 15.4. The number of pyridine rings is 1. The van der Waals surface area contributed by atoms with Gasteiger partial charge >= 0.3 is 6.01 Å². The Morgan fingerprint density at radius 3 is 2.88 bits per heavy atom. The monoisotopic (exact) mass is 429 g/mol. The van der Waals surface area contributed by atoms with Crippen LogP contribution in [-0.4, -0.2) is 54.1 Å². The Kier molecular flexibility index (Phi) is 7.18. The Labute approximate surface area is 186 Å². The van der Waals surface area contributed by atoms with Crippen molar-refractivity contribution >= 4 is 17.9 Å². The van der Waals surface area contributed by atoms with Gasteiger partial charge in [-0.2, -0.15) is 20.3 Å². The molecule has 1 fully saturated rings. The van der Waals surface area contributed by atoms with Crippen molar-refractivity contribution in [3.63, 3.8) is 0 Å². The summed E-state index contributed by atoms with van der Waals surface area (Å²) in [5.74, 6) is 1.27. The normalized spacial score (nSPS) is 13.7. The molecule has 0 atom stereocenters. The van der Waals surface area contributed by atoms with Crippen LogP contribution in [0.2, 0.25) is 0 Å². The van der Waals surface area contributed by atoms with Crippen molar-refractivity contribution < 1.29 is 9.47 Å². The van der Waals surface area contributed by atoms with Crippen LogP contribution in [-0.2, 0) is 11.2 Å². The number of anilines is 2. The molecule has 2 aromatic heterocycles. The van der Waals surface area contributed by atoms with Crippen LogP contribution < -0.4 is 15.1 Å². The first-order chi connectivity index (χ1) is 15.8.